The van der Waals surface area contributed by atoms with Gasteiger partial charge in [-0.15, -0.1) is 0 Å². The van der Waals surface area contributed by atoms with Crippen LogP contribution in [0.15, 0.2) is 28.9 Å². The van der Waals surface area contributed by atoms with Crippen molar-refractivity contribution in [3.8, 4) is 5.69 Å². The molecule has 0 bridgehead atoms. The maximum absolute atomic E-state index is 13.7. The molecule has 0 aliphatic heterocycles. The number of alkyl halides is 2. The molecule has 0 amide bonds. The Bertz CT molecular complexity index is 645. The smallest absolute Gasteiger partial charge is 0.258 e. The van der Waals surface area contributed by atoms with Gasteiger partial charge in [0.2, 0.25) is 0 Å². The van der Waals surface area contributed by atoms with Crippen molar-refractivity contribution in [1.82, 2.24) is 9.78 Å². The van der Waals surface area contributed by atoms with Gasteiger partial charge < -0.3 is 0 Å². The first-order chi connectivity index (χ1) is 8.90. The molecule has 0 saturated carbocycles. The number of nitro groups is 1. The van der Waals surface area contributed by atoms with E-state index >= 15 is 0 Å². The van der Waals surface area contributed by atoms with E-state index in [9.17, 15) is 23.3 Å². The minimum atomic E-state index is -2.81. The molecule has 0 saturated heterocycles. The van der Waals surface area contributed by atoms with Crippen molar-refractivity contribution in [2.75, 3.05) is 0 Å². The number of halogens is 4. The van der Waals surface area contributed by atoms with Gasteiger partial charge in [-0.25, -0.2) is 17.9 Å². The van der Waals surface area contributed by atoms with Gasteiger partial charge in [-0.3, -0.25) is 10.1 Å². The van der Waals surface area contributed by atoms with Crippen LogP contribution in [0.1, 0.15) is 12.1 Å². The van der Waals surface area contributed by atoms with Gasteiger partial charge in [0.05, 0.1) is 15.5 Å². The van der Waals surface area contributed by atoms with Gasteiger partial charge in [-0.05, 0) is 22.0 Å². The lowest BCUT2D eigenvalue weighted by molar-refractivity contribution is -0.385. The van der Waals surface area contributed by atoms with Gasteiger partial charge >= 0.3 is 0 Å². The summed E-state index contributed by atoms with van der Waals surface area (Å²) in [7, 11) is 0. The van der Waals surface area contributed by atoms with Gasteiger partial charge in [-0.1, -0.05) is 0 Å². The molecule has 100 valence electrons. The molecule has 0 aliphatic carbocycles. The Balaban J connectivity index is 2.48. The summed E-state index contributed by atoms with van der Waals surface area (Å²) in [6.45, 7) is 0. The number of hydrogen-bond donors (Lipinski definition) is 0. The molecular weight excluding hydrogens is 331 g/mol. The summed E-state index contributed by atoms with van der Waals surface area (Å²) in [5.41, 5.74) is -1.11. The van der Waals surface area contributed by atoms with Crippen molar-refractivity contribution in [3.63, 3.8) is 0 Å². The Morgan fingerprint density at radius 1 is 1.42 bits per heavy atom. The van der Waals surface area contributed by atoms with Crippen LogP contribution in [0.2, 0.25) is 0 Å². The lowest BCUT2D eigenvalue weighted by Gasteiger charge is -2.02. The van der Waals surface area contributed by atoms with E-state index in [-0.39, 0.29) is 10.2 Å². The molecule has 5 nitrogen and oxygen atoms in total. The van der Waals surface area contributed by atoms with E-state index in [2.05, 4.69) is 21.0 Å². The molecule has 9 heteroatoms. The van der Waals surface area contributed by atoms with Crippen LogP contribution in [0.3, 0.4) is 0 Å². The number of rotatable bonds is 3. The highest BCUT2D eigenvalue weighted by Gasteiger charge is 2.19. The fourth-order valence-corrected chi connectivity index (χ4v) is 1.88. The Labute approximate surface area is 112 Å². The number of nitrogens with zero attached hydrogens (tertiary/aromatic N) is 3. The maximum Gasteiger partial charge on any atom is 0.283 e. The molecule has 19 heavy (non-hydrogen) atoms. The van der Waals surface area contributed by atoms with E-state index in [1.807, 2.05) is 0 Å². The van der Waals surface area contributed by atoms with Crippen molar-refractivity contribution in [2.45, 2.75) is 6.43 Å². The second-order valence-electron chi connectivity index (χ2n) is 3.50. The SMILES string of the molecule is O=[N+]([O-])c1ccc(-n2cc(Br)c(C(F)F)n2)c(F)c1. The topological polar surface area (TPSA) is 61.0 Å². The molecule has 0 aliphatic rings. The van der Waals surface area contributed by atoms with Crippen LogP contribution in [0, 0.1) is 15.9 Å². The summed E-state index contributed by atoms with van der Waals surface area (Å²) in [4.78, 5) is 9.70. The van der Waals surface area contributed by atoms with Crippen molar-refractivity contribution < 1.29 is 18.1 Å². The molecule has 0 fully saturated rings. The lowest BCUT2D eigenvalue weighted by Crippen LogP contribution is -2.00. The Hall–Kier alpha value is -1.90. The summed E-state index contributed by atoms with van der Waals surface area (Å²) in [5.74, 6) is -0.926. The van der Waals surface area contributed by atoms with E-state index in [1.165, 1.54) is 0 Å². The fraction of sp³-hybridized carbons (Fsp3) is 0.100. The molecule has 1 heterocycles. The minimum absolute atomic E-state index is 0.0280. The lowest BCUT2D eigenvalue weighted by atomic mass is 10.2. The van der Waals surface area contributed by atoms with Crippen LogP contribution in [0.4, 0.5) is 18.9 Å². The van der Waals surface area contributed by atoms with E-state index in [0.717, 1.165) is 23.0 Å². The van der Waals surface area contributed by atoms with Crippen LogP contribution in [0.5, 0.6) is 0 Å². The van der Waals surface area contributed by atoms with Gasteiger partial charge in [0.15, 0.2) is 5.82 Å². The highest BCUT2D eigenvalue weighted by Crippen LogP contribution is 2.28. The van der Waals surface area contributed by atoms with Gasteiger partial charge in [0.25, 0.3) is 12.1 Å². The molecule has 0 atom stereocenters. The summed E-state index contributed by atoms with van der Waals surface area (Å²) < 4.78 is 39.7. The van der Waals surface area contributed by atoms with Gasteiger partial charge in [-0.2, -0.15) is 5.10 Å². The number of aromatic nitrogens is 2. The first kappa shape index (κ1) is 13.5. The molecule has 0 spiro atoms. The summed E-state index contributed by atoms with van der Waals surface area (Å²) in [5, 5.41) is 14.0. The third-order valence-corrected chi connectivity index (χ3v) is 2.90. The van der Waals surface area contributed by atoms with E-state index in [4.69, 9.17) is 0 Å². The summed E-state index contributed by atoms with van der Waals surface area (Å²) in [6, 6.07) is 2.87. The van der Waals surface area contributed by atoms with Gasteiger partial charge in [0.1, 0.15) is 11.4 Å². The molecule has 1 aromatic carbocycles. The van der Waals surface area contributed by atoms with Crippen molar-refractivity contribution in [1.29, 1.82) is 0 Å². The van der Waals surface area contributed by atoms with Crippen LogP contribution >= 0.6 is 15.9 Å². The zero-order valence-electron chi connectivity index (χ0n) is 9.06. The zero-order valence-corrected chi connectivity index (χ0v) is 10.6. The first-order valence-electron chi connectivity index (χ1n) is 4.87. The third-order valence-electron chi connectivity index (χ3n) is 2.29. The van der Waals surface area contributed by atoms with Crippen LogP contribution in [-0.4, -0.2) is 14.7 Å². The molecule has 0 radical (unpaired) electrons. The van der Waals surface area contributed by atoms with E-state index < -0.39 is 28.5 Å². The first-order valence-corrected chi connectivity index (χ1v) is 5.67. The Morgan fingerprint density at radius 3 is 2.58 bits per heavy atom. The average Bonchev–Trinajstić information content (AvgIpc) is 2.71. The highest BCUT2D eigenvalue weighted by atomic mass is 79.9. The average molecular weight is 336 g/mol. The number of benzene rings is 1. The third kappa shape index (κ3) is 2.60. The van der Waals surface area contributed by atoms with Crippen molar-refractivity contribution in [3.05, 3.63) is 50.5 Å². The molecule has 0 unspecified atom stereocenters. The zero-order chi connectivity index (χ0) is 14.2. The number of nitro benzene ring substituents is 1. The van der Waals surface area contributed by atoms with Crippen LogP contribution in [-0.2, 0) is 0 Å². The number of non-ortho nitro benzene ring substituents is 1. The predicted molar refractivity (Wildman–Crippen MR) is 62.8 cm³/mol. The summed E-state index contributed by atoms with van der Waals surface area (Å²) >= 11 is 2.88. The Morgan fingerprint density at radius 2 is 2.11 bits per heavy atom. The monoisotopic (exact) mass is 335 g/mol. The maximum atomic E-state index is 13.7. The van der Waals surface area contributed by atoms with Crippen molar-refractivity contribution in [2.24, 2.45) is 0 Å². The molecule has 2 rings (SSSR count). The molecular formula is C10H5BrF3N3O2. The standard InChI is InChI=1S/C10H5BrF3N3O2/c11-6-4-16(15-9(6)10(13)14)8-2-1-5(17(18)19)3-7(8)12/h1-4,10H. The molecule has 2 aromatic rings. The normalized spacial score (nSPS) is 11.0. The highest BCUT2D eigenvalue weighted by molar-refractivity contribution is 9.10. The largest absolute Gasteiger partial charge is 0.283 e. The molecule has 0 N–H and O–H groups in total. The van der Waals surface area contributed by atoms with Gasteiger partial charge in [0, 0.05) is 12.3 Å². The summed E-state index contributed by atoms with van der Waals surface area (Å²) in [6.07, 6.45) is -1.65. The molecule has 1 aromatic heterocycles. The second kappa shape index (κ2) is 5.00. The van der Waals surface area contributed by atoms with Crippen molar-refractivity contribution >= 4 is 21.6 Å². The minimum Gasteiger partial charge on any atom is -0.258 e. The van der Waals surface area contributed by atoms with Crippen LogP contribution in [0.25, 0.3) is 5.69 Å². The quantitative estimate of drug-likeness (QED) is 0.635. The van der Waals surface area contributed by atoms with E-state index in [0.29, 0.717) is 6.07 Å². The van der Waals surface area contributed by atoms with E-state index in [1.54, 1.807) is 0 Å². The Kier molecular flexibility index (Phi) is 3.56. The fourth-order valence-electron chi connectivity index (χ4n) is 1.43. The van der Waals surface area contributed by atoms with Crippen LogP contribution < -0.4 is 0 Å². The second-order valence-corrected chi connectivity index (χ2v) is 4.35. The number of hydrogen-bond acceptors (Lipinski definition) is 3. The predicted octanol–water partition coefficient (Wildman–Crippen LogP) is 3.62.